The van der Waals surface area contributed by atoms with E-state index in [0.717, 1.165) is 16.4 Å². The van der Waals surface area contributed by atoms with Crippen molar-refractivity contribution < 1.29 is 5.11 Å². The van der Waals surface area contributed by atoms with E-state index in [1.807, 2.05) is 12.3 Å². The average Bonchev–Trinajstić information content (AvgIpc) is 2.66. The Morgan fingerprint density at radius 2 is 2.31 bits per heavy atom. The summed E-state index contributed by atoms with van der Waals surface area (Å²) in [4.78, 5) is 4.34. The molecule has 0 aliphatic rings. The standard InChI is InChI=1S/C11H11ClN2OS/c1-7-14-9(6-16-7)5-13-8-2-3-11(15)10(12)4-8/h2-4,6,13,15H,5H2,1H3. The number of benzene rings is 1. The lowest BCUT2D eigenvalue weighted by Crippen LogP contribution is -1.99. The van der Waals surface area contributed by atoms with Crippen molar-refractivity contribution in [2.75, 3.05) is 5.32 Å². The van der Waals surface area contributed by atoms with Crippen LogP contribution in [0.4, 0.5) is 5.69 Å². The molecule has 0 saturated carbocycles. The highest BCUT2D eigenvalue weighted by Crippen LogP contribution is 2.26. The summed E-state index contributed by atoms with van der Waals surface area (Å²) in [6.07, 6.45) is 0. The molecule has 2 rings (SSSR count). The molecule has 1 aromatic carbocycles. The van der Waals surface area contributed by atoms with Gasteiger partial charge in [-0.15, -0.1) is 11.3 Å². The molecule has 2 N–H and O–H groups in total. The van der Waals surface area contributed by atoms with Crippen LogP contribution in [0.15, 0.2) is 23.6 Å². The molecule has 1 heterocycles. The third kappa shape index (κ3) is 2.65. The van der Waals surface area contributed by atoms with Crippen molar-refractivity contribution in [2.45, 2.75) is 13.5 Å². The number of aryl methyl sites for hydroxylation is 1. The van der Waals surface area contributed by atoms with Crippen LogP contribution in [0.25, 0.3) is 0 Å². The Morgan fingerprint density at radius 1 is 1.50 bits per heavy atom. The van der Waals surface area contributed by atoms with Gasteiger partial charge in [0, 0.05) is 11.1 Å². The minimum atomic E-state index is 0.0942. The van der Waals surface area contributed by atoms with Crippen LogP contribution >= 0.6 is 22.9 Å². The quantitative estimate of drug-likeness (QED) is 0.825. The van der Waals surface area contributed by atoms with E-state index in [2.05, 4.69) is 10.3 Å². The van der Waals surface area contributed by atoms with Crippen molar-refractivity contribution in [1.82, 2.24) is 4.98 Å². The van der Waals surface area contributed by atoms with E-state index in [0.29, 0.717) is 11.6 Å². The minimum Gasteiger partial charge on any atom is -0.506 e. The van der Waals surface area contributed by atoms with Crippen LogP contribution in [-0.4, -0.2) is 10.1 Å². The van der Waals surface area contributed by atoms with Crippen molar-refractivity contribution in [3.05, 3.63) is 39.3 Å². The molecule has 84 valence electrons. The van der Waals surface area contributed by atoms with Gasteiger partial charge in [-0.1, -0.05) is 11.6 Å². The smallest absolute Gasteiger partial charge is 0.134 e. The van der Waals surface area contributed by atoms with Crippen molar-refractivity contribution >= 4 is 28.6 Å². The van der Waals surface area contributed by atoms with E-state index in [1.165, 1.54) is 0 Å². The lowest BCUT2D eigenvalue weighted by Gasteiger charge is -2.05. The van der Waals surface area contributed by atoms with Crippen molar-refractivity contribution in [2.24, 2.45) is 0 Å². The molecular weight excluding hydrogens is 244 g/mol. The molecule has 0 aliphatic heterocycles. The number of hydrogen-bond acceptors (Lipinski definition) is 4. The molecule has 16 heavy (non-hydrogen) atoms. The molecule has 3 nitrogen and oxygen atoms in total. The Morgan fingerprint density at radius 3 is 2.94 bits per heavy atom. The predicted octanol–water partition coefficient (Wildman–Crippen LogP) is 3.42. The van der Waals surface area contributed by atoms with Gasteiger partial charge >= 0.3 is 0 Å². The van der Waals surface area contributed by atoms with Gasteiger partial charge in [-0.25, -0.2) is 4.98 Å². The number of hydrogen-bond donors (Lipinski definition) is 2. The van der Waals surface area contributed by atoms with Crippen LogP contribution in [0.3, 0.4) is 0 Å². The molecule has 0 fully saturated rings. The summed E-state index contributed by atoms with van der Waals surface area (Å²) in [5.41, 5.74) is 1.88. The number of nitrogens with zero attached hydrogens (tertiary/aromatic N) is 1. The summed E-state index contributed by atoms with van der Waals surface area (Å²) in [5, 5.41) is 15.9. The van der Waals surface area contributed by atoms with Gasteiger partial charge in [0.1, 0.15) is 5.75 Å². The Labute approximate surface area is 103 Å². The number of halogens is 1. The van der Waals surface area contributed by atoms with Crippen molar-refractivity contribution in [1.29, 1.82) is 0 Å². The van der Waals surface area contributed by atoms with E-state index in [9.17, 15) is 5.11 Å². The highest BCUT2D eigenvalue weighted by Gasteiger charge is 2.01. The SMILES string of the molecule is Cc1nc(CNc2ccc(O)c(Cl)c2)cs1. The van der Waals surface area contributed by atoms with Crippen LogP contribution in [-0.2, 0) is 6.54 Å². The highest BCUT2D eigenvalue weighted by atomic mass is 35.5. The molecule has 2 aromatic rings. The number of aromatic hydroxyl groups is 1. The van der Waals surface area contributed by atoms with Gasteiger partial charge in [-0.05, 0) is 25.1 Å². The number of thiazole rings is 1. The second kappa shape index (κ2) is 4.72. The van der Waals surface area contributed by atoms with Gasteiger partial charge in [-0.2, -0.15) is 0 Å². The van der Waals surface area contributed by atoms with Gasteiger partial charge in [0.25, 0.3) is 0 Å². The number of rotatable bonds is 3. The summed E-state index contributed by atoms with van der Waals surface area (Å²) in [5.74, 6) is 0.0942. The van der Waals surface area contributed by atoms with Crippen molar-refractivity contribution in [3.8, 4) is 5.75 Å². The molecule has 0 spiro atoms. The zero-order valence-corrected chi connectivity index (χ0v) is 10.3. The third-order valence-electron chi connectivity index (χ3n) is 2.09. The fraction of sp³-hybridized carbons (Fsp3) is 0.182. The summed E-state index contributed by atoms with van der Waals surface area (Å²) in [7, 11) is 0. The maximum absolute atomic E-state index is 9.26. The first-order valence-electron chi connectivity index (χ1n) is 4.78. The number of aromatic nitrogens is 1. The number of phenolic OH excluding ortho intramolecular Hbond substituents is 1. The molecular formula is C11H11ClN2OS. The molecule has 1 aromatic heterocycles. The van der Waals surface area contributed by atoms with Crippen LogP contribution in [0.2, 0.25) is 5.02 Å². The number of anilines is 1. The highest BCUT2D eigenvalue weighted by molar-refractivity contribution is 7.09. The monoisotopic (exact) mass is 254 g/mol. The summed E-state index contributed by atoms with van der Waals surface area (Å²) >= 11 is 7.42. The maximum Gasteiger partial charge on any atom is 0.134 e. The Kier molecular flexibility index (Phi) is 3.31. The van der Waals surface area contributed by atoms with Gasteiger partial charge in [0.2, 0.25) is 0 Å². The maximum atomic E-state index is 9.26. The third-order valence-corrected chi connectivity index (χ3v) is 3.21. The summed E-state index contributed by atoms with van der Waals surface area (Å²) < 4.78 is 0. The summed E-state index contributed by atoms with van der Waals surface area (Å²) in [6.45, 7) is 2.64. The van der Waals surface area contributed by atoms with E-state index >= 15 is 0 Å². The molecule has 0 aliphatic carbocycles. The van der Waals surface area contributed by atoms with E-state index < -0.39 is 0 Å². The molecule has 0 unspecified atom stereocenters. The fourth-order valence-electron chi connectivity index (χ4n) is 1.30. The molecule has 0 amide bonds. The van der Waals surface area contributed by atoms with E-state index in [4.69, 9.17) is 11.6 Å². The Balaban J connectivity index is 2.02. The van der Waals surface area contributed by atoms with Crippen LogP contribution in [0, 0.1) is 6.92 Å². The number of nitrogens with one attached hydrogen (secondary N) is 1. The van der Waals surface area contributed by atoms with E-state index in [-0.39, 0.29) is 5.75 Å². The average molecular weight is 255 g/mol. The normalized spacial score (nSPS) is 10.4. The minimum absolute atomic E-state index is 0.0942. The van der Waals surface area contributed by atoms with Gasteiger partial charge in [0.15, 0.2) is 0 Å². The largest absolute Gasteiger partial charge is 0.506 e. The van der Waals surface area contributed by atoms with Crippen LogP contribution in [0.1, 0.15) is 10.7 Å². The lowest BCUT2D eigenvalue weighted by molar-refractivity contribution is 0.475. The molecule has 5 heteroatoms. The Bertz CT molecular complexity index is 498. The van der Waals surface area contributed by atoms with E-state index in [1.54, 1.807) is 29.5 Å². The molecule has 0 bridgehead atoms. The van der Waals surface area contributed by atoms with Crippen molar-refractivity contribution in [3.63, 3.8) is 0 Å². The molecule has 0 atom stereocenters. The first-order valence-corrected chi connectivity index (χ1v) is 6.04. The topological polar surface area (TPSA) is 45.2 Å². The number of phenols is 1. The molecule has 0 radical (unpaired) electrons. The molecule has 0 saturated heterocycles. The first kappa shape index (κ1) is 11.2. The van der Waals surface area contributed by atoms with Gasteiger partial charge < -0.3 is 10.4 Å². The van der Waals surface area contributed by atoms with Gasteiger partial charge in [0.05, 0.1) is 22.3 Å². The second-order valence-corrected chi connectivity index (χ2v) is 4.85. The van der Waals surface area contributed by atoms with Gasteiger partial charge in [-0.3, -0.25) is 0 Å². The zero-order chi connectivity index (χ0) is 11.5. The Hall–Kier alpha value is -1.26. The zero-order valence-electron chi connectivity index (χ0n) is 8.70. The van der Waals surface area contributed by atoms with Crippen LogP contribution < -0.4 is 5.32 Å². The summed E-state index contributed by atoms with van der Waals surface area (Å²) in [6, 6.07) is 5.04. The first-order chi connectivity index (χ1) is 7.65. The van der Waals surface area contributed by atoms with Crippen LogP contribution in [0.5, 0.6) is 5.75 Å². The predicted molar refractivity (Wildman–Crippen MR) is 67.3 cm³/mol. The lowest BCUT2D eigenvalue weighted by atomic mass is 10.3. The fourth-order valence-corrected chi connectivity index (χ4v) is 2.09. The second-order valence-electron chi connectivity index (χ2n) is 3.38.